The number of thioether (sulfide) groups is 1. The van der Waals surface area contributed by atoms with Gasteiger partial charge in [0.15, 0.2) is 5.69 Å². The number of amides is 1. The van der Waals surface area contributed by atoms with E-state index >= 15 is 0 Å². The normalized spacial score (nSPS) is 12.3. The summed E-state index contributed by atoms with van der Waals surface area (Å²) in [6.07, 6.45) is 2.86. The molecule has 0 radical (unpaired) electrons. The van der Waals surface area contributed by atoms with Crippen molar-refractivity contribution in [3.05, 3.63) is 40.3 Å². The summed E-state index contributed by atoms with van der Waals surface area (Å²) in [4.78, 5) is 24.0. The quantitative estimate of drug-likeness (QED) is 0.881. The Hall–Kier alpha value is -1.82. The smallest absolute Gasteiger partial charge is 0.272 e. The van der Waals surface area contributed by atoms with Gasteiger partial charge in [0.1, 0.15) is 0 Å². The third kappa shape index (κ3) is 3.01. The molecule has 1 unspecified atom stereocenters. The van der Waals surface area contributed by atoms with Gasteiger partial charge in [-0.3, -0.25) is 9.59 Å². The lowest BCUT2D eigenvalue weighted by molar-refractivity contribution is 0.0936. The van der Waals surface area contributed by atoms with Crippen molar-refractivity contribution in [2.24, 2.45) is 0 Å². The van der Waals surface area contributed by atoms with Crippen molar-refractivity contribution in [2.75, 3.05) is 12.0 Å². The minimum atomic E-state index is -0.284. The minimum Gasteiger partial charge on any atom is -0.347 e. The zero-order valence-corrected chi connectivity index (χ0v) is 12.3. The molecule has 20 heavy (non-hydrogen) atoms. The number of hydrogen-bond acceptors (Lipinski definition) is 4. The van der Waals surface area contributed by atoms with Gasteiger partial charge in [0, 0.05) is 17.2 Å². The number of aromatic nitrogens is 2. The third-order valence-corrected chi connectivity index (χ3v) is 3.84. The number of carbonyl (C=O) groups excluding carboxylic acids is 1. The van der Waals surface area contributed by atoms with Gasteiger partial charge < -0.3 is 5.32 Å². The van der Waals surface area contributed by atoms with Gasteiger partial charge in [0.25, 0.3) is 11.5 Å². The van der Waals surface area contributed by atoms with Gasteiger partial charge in [-0.05, 0) is 18.7 Å². The maximum Gasteiger partial charge on any atom is 0.272 e. The van der Waals surface area contributed by atoms with E-state index in [1.54, 1.807) is 36.0 Å². The molecule has 5 nitrogen and oxygen atoms in total. The molecule has 2 aromatic rings. The van der Waals surface area contributed by atoms with Crippen molar-refractivity contribution < 1.29 is 4.79 Å². The average Bonchev–Trinajstić information content (AvgIpc) is 2.47. The predicted molar refractivity (Wildman–Crippen MR) is 82.3 cm³/mol. The fourth-order valence-electron chi connectivity index (χ4n) is 2.00. The molecule has 2 N–H and O–H groups in total. The second kappa shape index (κ2) is 6.56. The van der Waals surface area contributed by atoms with Crippen molar-refractivity contribution in [3.8, 4) is 0 Å². The van der Waals surface area contributed by atoms with E-state index < -0.39 is 0 Å². The fraction of sp³-hybridized carbons (Fsp3) is 0.357. The van der Waals surface area contributed by atoms with Crippen LogP contribution in [0.4, 0.5) is 0 Å². The van der Waals surface area contributed by atoms with Crippen molar-refractivity contribution in [1.29, 1.82) is 0 Å². The number of nitrogens with zero attached hydrogens (tertiary/aromatic N) is 1. The summed E-state index contributed by atoms with van der Waals surface area (Å²) >= 11 is 1.68. The number of aromatic amines is 1. The second-order valence-corrected chi connectivity index (χ2v) is 5.39. The molecular weight excluding hydrogens is 274 g/mol. The van der Waals surface area contributed by atoms with Crippen LogP contribution in [0.5, 0.6) is 0 Å². The summed E-state index contributed by atoms with van der Waals surface area (Å²) in [6.45, 7) is 2.03. The third-order valence-electron chi connectivity index (χ3n) is 3.11. The zero-order valence-electron chi connectivity index (χ0n) is 11.5. The first kappa shape index (κ1) is 14.6. The number of hydrogen-bond donors (Lipinski definition) is 2. The Balaban J connectivity index is 2.35. The Morgan fingerprint density at radius 3 is 2.75 bits per heavy atom. The Kier molecular flexibility index (Phi) is 4.79. The topological polar surface area (TPSA) is 74.8 Å². The molecule has 106 valence electrons. The first-order chi connectivity index (χ1) is 9.67. The van der Waals surface area contributed by atoms with E-state index in [1.165, 1.54) is 0 Å². The van der Waals surface area contributed by atoms with E-state index in [2.05, 4.69) is 15.5 Å². The average molecular weight is 291 g/mol. The lowest BCUT2D eigenvalue weighted by Crippen LogP contribution is -2.37. The van der Waals surface area contributed by atoms with Gasteiger partial charge in [0.05, 0.1) is 5.39 Å². The van der Waals surface area contributed by atoms with E-state index in [0.717, 1.165) is 12.2 Å². The van der Waals surface area contributed by atoms with Crippen LogP contribution in [0.25, 0.3) is 10.8 Å². The van der Waals surface area contributed by atoms with Crippen molar-refractivity contribution >= 4 is 28.4 Å². The molecule has 1 atom stereocenters. The summed E-state index contributed by atoms with van der Waals surface area (Å²) in [6, 6.07) is 7.08. The molecule has 0 aliphatic rings. The van der Waals surface area contributed by atoms with E-state index in [0.29, 0.717) is 10.8 Å². The van der Waals surface area contributed by atoms with Crippen LogP contribution in [0.15, 0.2) is 29.1 Å². The molecule has 0 fully saturated rings. The Labute approximate surface area is 121 Å². The number of fused-ring (bicyclic) bond motifs is 1. The SMILES string of the molecule is CCC(CSC)NC(=O)c1n[nH]c(=O)c2ccccc12. The van der Waals surface area contributed by atoms with E-state index in [4.69, 9.17) is 0 Å². The van der Waals surface area contributed by atoms with Gasteiger partial charge in [-0.25, -0.2) is 5.10 Å². The van der Waals surface area contributed by atoms with Crippen LogP contribution in [0.3, 0.4) is 0 Å². The Morgan fingerprint density at radius 2 is 2.10 bits per heavy atom. The molecule has 2 rings (SSSR count). The largest absolute Gasteiger partial charge is 0.347 e. The molecule has 0 saturated carbocycles. The summed E-state index contributed by atoms with van der Waals surface area (Å²) in [5.41, 5.74) is -0.0203. The number of H-pyrrole nitrogens is 1. The molecule has 0 saturated heterocycles. The molecular formula is C14H17N3O2S. The van der Waals surface area contributed by atoms with E-state index in [-0.39, 0.29) is 23.2 Å². The van der Waals surface area contributed by atoms with Gasteiger partial charge in [-0.1, -0.05) is 25.1 Å². The summed E-state index contributed by atoms with van der Waals surface area (Å²) < 4.78 is 0. The highest BCUT2D eigenvalue weighted by Crippen LogP contribution is 2.12. The number of benzene rings is 1. The zero-order chi connectivity index (χ0) is 14.5. The van der Waals surface area contributed by atoms with Crippen LogP contribution in [0, 0.1) is 0 Å². The number of rotatable bonds is 5. The molecule has 6 heteroatoms. The fourth-order valence-corrected chi connectivity index (χ4v) is 2.73. The van der Waals surface area contributed by atoms with Crippen molar-refractivity contribution in [3.63, 3.8) is 0 Å². The van der Waals surface area contributed by atoms with Crippen LogP contribution in [0.2, 0.25) is 0 Å². The van der Waals surface area contributed by atoms with E-state index in [9.17, 15) is 9.59 Å². The highest BCUT2D eigenvalue weighted by molar-refractivity contribution is 7.98. The van der Waals surface area contributed by atoms with Gasteiger partial charge in [0.2, 0.25) is 0 Å². The first-order valence-electron chi connectivity index (χ1n) is 6.44. The van der Waals surface area contributed by atoms with Crippen LogP contribution in [-0.2, 0) is 0 Å². The van der Waals surface area contributed by atoms with Crippen LogP contribution in [-0.4, -0.2) is 34.2 Å². The second-order valence-electron chi connectivity index (χ2n) is 4.48. The monoisotopic (exact) mass is 291 g/mol. The first-order valence-corrected chi connectivity index (χ1v) is 7.84. The molecule has 0 aliphatic carbocycles. The van der Waals surface area contributed by atoms with Crippen LogP contribution < -0.4 is 10.9 Å². The van der Waals surface area contributed by atoms with E-state index in [1.807, 2.05) is 13.2 Å². The molecule has 1 heterocycles. The highest BCUT2D eigenvalue weighted by Gasteiger charge is 2.16. The highest BCUT2D eigenvalue weighted by atomic mass is 32.2. The summed E-state index contributed by atoms with van der Waals surface area (Å²) in [5, 5.41) is 10.3. The molecule has 0 spiro atoms. The molecule has 1 aromatic carbocycles. The van der Waals surface area contributed by atoms with Crippen LogP contribution >= 0.6 is 11.8 Å². The minimum absolute atomic E-state index is 0.102. The van der Waals surface area contributed by atoms with Crippen LogP contribution in [0.1, 0.15) is 23.8 Å². The van der Waals surface area contributed by atoms with Crippen molar-refractivity contribution in [2.45, 2.75) is 19.4 Å². The number of nitrogens with one attached hydrogen (secondary N) is 2. The summed E-state index contributed by atoms with van der Waals surface area (Å²) in [5.74, 6) is 0.599. The van der Waals surface area contributed by atoms with Gasteiger partial charge in [-0.2, -0.15) is 16.9 Å². The van der Waals surface area contributed by atoms with Crippen molar-refractivity contribution in [1.82, 2.24) is 15.5 Å². The number of carbonyl (C=O) groups is 1. The molecule has 1 amide bonds. The summed E-state index contributed by atoms with van der Waals surface area (Å²) in [7, 11) is 0. The van der Waals surface area contributed by atoms with Gasteiger partial charge >= 0.3 is 0 Å². The maximum absolute atomic E-state index is 12.3. The lowest BCUT2D eigenvalue weighted by Gasteiger charge is -2.15. The standard InChI is InChI=1S/C14H17N3O2S/c1-3-9(8-20-2)15-14(19)12-10-6-4-5-7-11(10)13(18)17-16-12/h4-7,9H,3,8H2,1-2H3,(H,15,19)(H,17,18). The maximum atomic E-state index is 12.3. The Bertz CT molecular complexity index is 669. The molecule has 0 aliphatic heterocycles. The lowest BCUT2D eigenvalue weighted by atomic mass is 10.1. The molecule has 1 aromatic heterocycles. The Morgan fingerprint density at radius 1 is 1.40 bits per heavy atom. The molecule has 0 bridgehead atoms. The predicted octanol–water partition coefficient (Wildman–Crippen LogP) is 1.79. The van der Waals surface area contributed by atoms with Gasteiger partial charge in [-0.15, -0.1) is 0 Å².